The molecule has 2 aromatic rings. The maximum absolute atomic E-state index is 12.2. The van der Waals surface area contributed by atoms with E-state index < -0.39 is 9.84 Å². The zero-order chi connectivity index (χ0) is 19.6. The van der Waals surface area contributed by atoms with Crippen LogP contribution in [0.2, 0.25) is 0 Å². The standard InChI is InChI=1S/C19H27N5O2S/c1-13-8-14(2)22-16(9-13)12-24(3)19-21-11-17(27(4,25)26)18(23-19)15-6-5-7-20-10-15/h8-9,11,15,20H,5-7,10,12H2,1-4H3/t15-/m0/s1. The fourth-order valence-electron chi connectivity index (χ4n) is 3.54. The molecule has 1 N–H and O–H groups in total. The number of pyridine rings is 1. The molecule has 0 aromatic carbocycles. The van der Waals surface area contributed by atoms with Crippen LogP contribution in [-0.2, 0) is 16.4 Å². The molecule has 7 nitrogen and oxygen atoms in total. The molecule has 8 heteroatoms. The van der Waals surface area contributed by atoms with Crippen molar-refractivity contribution in [2.45, 2.75) is 44.0 Å². The fourth-order valence-corrected chi connectivity index (χ4v) is 4.38. The molecule has 0 radical (unpaired) electrons. The third-order valence-electron chi connectivity index (χ3n) is 4.74. The Morgan fingerprint density at radius 2 is 2.04 bits per heavy atom. The van der Waals surface area contributed by atoms with E-state index in [1.165, 1.54) is 12.5 Å². The fraction of sp³-hybridized carbons (Fsp3) is 0.526. The Hall–Kier alpha value is -2.06. The molecule has 1 atom stereocenters. The zero-order valence-electron chi connectivity index (χ0n) is 16.4. The van der Waals surface area contributed by atoms with Gasteiger partial charge in [0.25, 0.3) is 0 Å². The van der Waals surface area contributed by atoms with E-state index in [1.54, 1.807) is 0 Å². The smallest absolute Gasteiger partial charge is 0.225 e. The Morgan fingerprint density at radius 1 is 1.26 bits per heavy atom. The summed E-state index contributed by atoms with van der Waals surface area (Å²) < 4.78 is 24.4. The van der Waals surface area contributed by atoms with Gasteiger partial charge in [-0.25, -0.2) is 18.4 Å². The van der Waals surface area contributed by atoms with Gasteiger partial charge in [0.05, 0.1) is 24.1 Å². The highest BCUT2D eigenvalue weighted by molar-refractivity contribution is 7.90. The van der Waals surface area contributed by atoms with Gasteiger partial charge in [-0.15, -0.1) is 0 Å². The number of hydrogen-bond acceptors (Lipinski definition) is 7. The van der Waals surface area contributed by atoms with Crippen molar-refractivity contribution >= 4 is 15.8 Å². The van der Waals surface area contributed by atoms with Gasteiger partial charge in [-0.2, -0.15) is 0 Å². The van der Waals surface area contributed by atoms with Gasteiger partial charge >= 0.3 is 0 Å². The number of sulfone groups is 1. The average molecular weight is 390 g/mol. The predicted molar refractivity (Wildman–Crippen MR) is 106 cm³/mol. The Labute approximate surface area is 161 Å². The van der Waals surface area contributed by atoms with Gasteiger partial charge in [0.15, 0.2) is 9.84 Å². The van der Waals surface area contributed by atoms with Gasteiger partial charge in [-0.3, -0.25) is 4.98 Å². The SMILES string of the molecule is Cc1cc(C)nc(CN(C)c2ncc(S(C)(=O)=O)c([C@H]3CCCNC3)n2)c1. The molecule has 0 spiro atoms. The van der Waals surface area contributed by atoms with E-state index in [0.717, 1.165) is 42.9 Å². The lowest BCUT2D eigenvalue weighted by atomic mass is 9.96. The number of nitrogens with one attached hydrogen (secondary N) is 1. The zero-order valence-corrected chi connectivity index (χ0v) is 17.2. The molecule has 0 amide bonds. The molecule has 146 valence electrons. The summed E-state index contributed by atoms with van der Waals surface area (Å²) in [5, 5.41) is 3.33. The Balaban J connectivity index is 1.93. The molecule has 0 aliphatic carbocycles. The van der Waals surface area contributed by atoms with E-state index in [-0.39, 0.29) is 10.8 Å². The van der Waals surface area contributed by atoms with Crippen molar-refractivity contribution < 1.29 is 8.42 Å². The quantitative estimate of drug-likeness (QED) is 0.837. The summed E-state index contributed by atoms with van der Waals surface area (Å²) in [6.45, 7) is 6.27. The molecule has 3 rings (SSSR count). The number of aryl methyl sites for hydroxylation is 2. The molecule has 0 unspecified atom stereocenters. The van der Waals surface area contributed by atoms with Gasteiger partial charge in [0.2, 0.25) is 5.95 Å². The summed E-state index contributed by atoms with van der Waals surface area (Å²) in [5.74, 6) is 0.599. The topological polar surface area (TPSA) is 88.1 Å². The van der Waals surface area contributed by atoms with Crippen LogP contribution in [0.15, 0.2) is 23.2 Å². The molecular formula is C19H27N5O2S. The van der Waals surface area contributed by atoms with Crippen molar-refractivity contribution in [1.82, 2.24) is 20.3 Å². The highest BCUT2D eigenvalue weighted by atomic mass is 32.2. The van der Waals surface area contributed by atoms with Crippen molar-refractivity contribution in [1.29, 1.82) is 0 Å². The largest absolute Gasteiger partial charge is 0.338 e. The van der Waals surface area contributed by atoms with Gasteiger partial charge in [0, 0.05) is 31.5 Å². The van der Waals surface area contributed by atoms with Crippen molar-refractivity contribution in [2.24, 2.45) is 0 Å². The van der Waals surface area contributed by atoms with E-state index in [0.29, 0.717) is 18.2 Å². The van der Waals surface area contributed by atoms with Gasteiger partial charge in [-0.1, -0.05) is 0 Å². The van der Waals surface area contributed by atoms with Crippen LogP contribution in [0.25, 0.3) is 0 Å². The monoisotopic (exact) mass is 389 g/mol. The van der Waals surface area contributed by atoms with Crippen LogP contribution in [0.5, 0.6) is 0 Å². The molecule has 27 heavy (non-hydrogen) atoms. The summed E-state index contributed by atoms with van der Waals surface area (Å²) in [7, 11) is -1.48. The lowest BCUT2D eigenvalue weighted by Crippen LogP contribution is -2.30. The maximum atomic E-state index is 12.2. The van der Waals surface area contributed by atoms with Crippen LogP contribution in [-0.4, -0.2) is 49.8 Å². The van der Waals surface area contributed by atoms with Crippen LogP contribution < -0.4 is 10.2 Å². The molecule has 3 heterocycles. The molecule has 0 saturated carbocycles. The van der Waals surface area contributed by atoms with Gasteiger partial charge in [0.1, 0.15) is 4.90 Å². The van der Waals surface area contributed by atoms with Crippen molar-refractivity contribution in [2.75, 3.05) is 31.3 Å². The number of piperidine rings is 1. The molecule has 1 aliphatic rings. The van der Waals surface area contributed by atoms with E-state index in [9.17, 15) is 8.42 Å². The minimum absolute atomic E-state index is 0.0814. The summed E-state index contributed by atoms with van der Waals surface area (Å²) in [4.78, 5) is 15.7. The summed E-state index contributed by atoms with van der Waals surface area (Å²) in [6, 6.07) is 4.08. The molecule has 1 fully saturated rings. The first-order chi connectivity index (χ1) is 12.7. The molecule has 0 bridgehead atoms. The number of hydrogen-bond donors (Lipinski definition) is 1. The van der Waals surface area contributed by atoms with E-state index in [4.69, 9.17) is 0 Å². The second kappa shape index (κ2) is 7.90. The first kappa shape index (κ1) is 19.7. The second-order valence-electron chi connectivity index (χ2n) is 7.37. The van der Waals surface area contributed by atoms with E-state index in [2.05, 4.69) is 20.3 Å². The average Bonchev–Trinajstić information content (AvgIpc) is 2.60. The highest BCUT2D eigenvalue weighted by Gasteiger charge is 2.26. The summed E-state index contributed by atoms with van der Waals surface area (Å²) in [6.07, 6.45) is 4.60. The maximum Gasteiger partial charge on any atom is 0.225 e. The van der Waals surface area contributed by atoms with Crippen molar-refractivity contribution in [3.63, 3.8) is 0 Å². The third kappa shape index (κ3) is 4.81. The third-order valence-corrected chi connectivity index (χ3v) is 5.86. The van der Waals surface area contributed by atoms with Crippen molar-refractivity contribution in [3.8, 4) is 0 Å². The lowest BCUT2D eigenvalue weighted by Gasteiger charge is -2.25. The summed E-state index contributed by atoms with van der Waals surface area (Å²) in [5.41, 5.74) is 3.69. The Morgan fingerprint density at radius 3 is 2.67 bits per heavy atom. The Kier molecular flexibility index (Phi) is 5.76. The molecule has 1 saturated heterocycles. The molecule has 2 aromatic heterocycles. The predicted octanol–water partition coefficient (Wildman–Crippen LogP) is 2.00. The van der Waals surface area contributed by atoms with E-state index in [1.807, 2.05) is 37.9 Å². The normalized spacial score (nSPS) is 17.7. The first-order valence-corrected chi connectivity index (χ1v) is 11.1. The lowest BCUT2D eigenvalue weighted by molar-refractivity contribution is 0.447. The Bertz CT molecular complexity index is 903. The van der Waals surface area contributed by atoms with Gasteiger partial charge < -0.3 is 10.2 Å². The van der Waals surface area contributed by atoms with Crippen LogP contribution in [0, 0.1) is 13.8 Å². The van der Waals surface area contributed by atoms with Crippen molar-refractivity contribution in [3.05, 3.63) is 41.0 Å². The van der Waals surface area contributed by atoms with Crippen LogP contribution in [0.1, 0.15) is 41.4 Å². The van der Waals surface area contributed by atoms with Crippen LogP contribution in [0.3, 0.4) is 0 Å². The van der Waals surface area contributed by atoms with Gasteiger partial charge in [-0.05, 0) is 50.9 Å². The number of rotatable bonds is 5. The molecule has 1 aliphatic heterocycles. The van der Waals surface area contributed by atoms with Crippen LogP contribution >= 0.6 is 0 Å². The second-order valence-corrected chi connectivity index (χ2v) is 9.35. The minimum atomic E-state index is -3.38. The number of aromatic nitrogens is 3. The van der Waals surface area contributed by atoms with E-state index >= 15 is 0 Å². The number of anilines is 1. The minimum Gasteiger partial charge on any atom is -0.338 e. The first-order valence-electron chi connectivity index (χ1n) is 9.17. The highest BCUT2D eigenvalue weighted by Crippen LogP contribution is 2.28. The summed E-state index contributed by atoms with van der Waals surface area (Å²) >= 11 is 0. The van der Waals surface area contributed by atoms with Crippen LogP contribution in [0.4, 0.5) is 5.95 Å². The molecular weight excluding hydrogens is 362 g/mol. The number of nitrogens with zero attached hydrogens (tertiary/aromatic N) is 4.